The number of hydrogen-bond acceptors (Lipinski definition) is 2. The molecule has 0 aromatic carbocycles. The van der Waals surface area contributed by atoms with Crippen molar-refractivity contribution in [2.45, 2.75) is 45.1 Å². The van der Waals surface area contributed by atoms with Gasteiger partial charge in [-0.1, -0.05) is 6.92 Å². The molecule has 90 valence electrons. The molecule has 1 aliphatic carbocycles. The molecule has 1 N–H and O–H groups in total. The van der Waals surface area contributed by atoms with E-state index in [9.17, 15) is 0 Å². The van der Waals surface area contributed by atoms with Crippen LogP contribution in [0.15, 0.2) is 12.4 Å². The van der Waals surface area contributed by atoms with E-state index in [2.05, 4.69) is 28.8 Å². The number of imidazole rings is 1. The first kappa shape index (κ1) is 11.6. The molecule has 1 saturated carbocycles. The lowest BCUT2D eigenvalue weighted by Gasteiger charge is -2.11. The number of rotatable bonds is 5. The van der Waals surface area contributed by atoms with Crippen LogP contribution < -0.4 is 5.32 Å². The predicted octanol–water partition coefficient (Wildman–Crippen LogP) is 2.13. The monoisotopic (exact) mass is 221 g/mol. The van der Waals surface area contributed by atoms with Gasteiger partial charge in [0.15, 0.2) is 0 Å². The average molecular weight is 221 g/mol. The maximum Gasteiger partial charge on any atom is 0.108 e. The van der Waals surface area contributed by atoms with Crippen LogP contribution in [0.2, 0.25) is 0 Å². The number of aromatic nitrogens is 2. The van der Waals surface area contributed by atoms with Crippen molar-refractivity contribution in [1.29, 1.82) is 0 Å². The smallest absolute Gasteiger partial charge is 0.108 e. The molecule has 0 radical (unpaired) electrons. The molecule has 16 heavy (non-hydrogen) atoms. The molecule has 2 rings (SSSR count). The summed E-state index contributed by atoms with van der Waals surface area (Å²) in [5.41, 5.74) is 0. The number of aryl methyl sites for hydroxylation is 2. The highest BCUT2D eigenvalue weighted by molar-refractivity contribution is 4.92. The first-order valence-electron chi connectivity index (χ1n) is 6.49. The van der Waals surface area contributed by atoms with Crippen LogP contribution in [0.5, 0.6) is 0 Å². The van der Waals surface area contributed by atoms with Gasteiger partial charge >= 0.3 is 0 Å². The standard InChI is InChI=1S/C13H23N3/c1-3-14-12-6-4-11(10-12)5-7-13-15-8-9-16(13)2/h8-9,11-12,14H,3-7,10H2,1-2H3. The largest absolute Gasteiger partial charge is 0.338 e. The lowest BCUT2D eigenvalue weighted by molar-refractivity contribution is 0.463. The molecule has 1 aliphatic rings. The zero-order chi connectivity index (χ0) is 11.4. The second-order valence-corrected chi connectivity index (χ2v) is 4.93. The number of nitrogens with zero attached hydrogens (tertiary/aromatic N) is 2. The third-order valence-corrected chi connectivity index (χ3v) is 3.73. The van der Waals surface area contributed by atoms with Crippen molar-refractivity contribution in [2.75, 3.05) is 6.54 Å². The number of nitrogens with one attached hydrogen (secondary N) is 1. The molecule has 2 unspecified atom stereocenters. The van der Waals surface area contributed by atoms with Gasteiger partial charge in [0, 0.05) is 31.9 Å². The van der Waals surface area contributed by atoms with Crippen molar-refractivity contribution in [2.24, 2.45) is 13.0 Å². The van der Waals surface area contributed by atoms with E-state index in [-0.39, 0.29) is 0 Å². The van der Waals surface area contributed by atoms with E-state index in [1.807, 2.05) is 12.4 Å². The molecule has 0 saturated heterocycles. The molecule has 0 spiro atoms. The first-order chi connectivity index (χ1) is 7.79. The Bertz CT molecular complexity index is 319. The van der Waals surface area contributed by atoms with Crippen LogP contribution in [0.3, 0.4) is 0 Å². The highest BCUT2D eigenvalue weighted by atomic mass is 15.0. The Kier molecular flexibility index (Phi) is 3.99. The zero-order valence-corrected chi connectivity index (χ0v) is 10.4. The van der Waals surface area contributed by atoms with Gasteiger partial charge in [-0.05, 0) is 38.1 Å². The molecule has 3 nitrogen and oxygen atoms in total. The van der Waals surface area contributed by atoms with Gasteiger partial charge in [0.25, 0.3) is 0 Å². The van der Waals surface area contributed by atoms with Crippen molar-refractivity contribution < 1.29 is 0 Å². The van der Waals surface area contributed by atoms with Crippen LogP contribution >= 0.6 is 0 Å². The van der Waals surface area contributed by atoms with E-state index in [1.54, 1.807) is 0 Å². The normalized spacial score (nSPS) is 25.1. The van der Waals surface area contributed by atoms with E-state index in [0.29, 0.717) is 0 Å². The Morgan fingerprint density at radius 2 is 2.38 bits per heavy atom. The third-order valence-electron chi connectivity index (χ3n) is 3.73. The fraction of sp³-hybridized carbons (Fsp3) is 0.769. The minimum Gasteiger partial charge on any atom is -0.338 e. The molecule has 2 atom stereocenters. The molecule has 0 amide bonds. The van der Waals surface area contributed by atoms with E-state index in [0.717, 1.165) is 24.9 Å². The lowest BCUT2D eigenvalue weighted by atomic mass is 10.0. The topological polar surface area (TPSA) is 29.9 Å². The minimum atomic E-state index is 0.774. The van der Waals surface area contributed by atoms with Gasteiger partial charge < -0.3 is 9.88 Å². The van der Waals surface area contributed by atoms with Crippen LogP contribution in [0.25, 0.3) is 0 Å². The maximum absolute atomic E-state index is 4.38. The van der Waals surface area contributed by atoms with Crippen LogP contribution in [0, 0.1) is 5.92 Å². The third kappa shape index (κ3) is 2.85. The Morgan fingerprint density at radius 3 is 3.06 bits per heavy atom. The van der Waals surface area contributed by atoms with Gasteiger partial charge in [-0.15, -0.1) is 0 Å². The Balaban J connectivity index is 1.74. The quantitative estimate of drug-likeness (QED) is 0.825. The Hall–Kier alpha value is -0.830. The van der Waals surface area contributed by atoms with Crippen molar-refractivity contribution in [1.82, 2.24) is 14.9 Å². The maximum atomic E-state index is 4.38. The van der Waals surface area contributed by atoms with Gasteiger partial charge in [-0.25, -0.2) is 4.98 Å². The summed E-state index contributed by atoms with van der Waals surface area (Å²) in [6, 6.07) is 0.774. The molecule has 1 fully saturated rings. The van der Waals surface area contributed by atoms with Crippen LogP contribution in [-0.2, 0) is 13.5 Å². The van der Waals surface area contributed by atoms with Crippen molar-refractivity contribution >= 4 is 0 Å². The summed E-state index contributed by atoms with van der Waals surface area (Å²) in [6.45, 7) is 3.30. The predicted molar refractivity (Wildman–Crippen MR) is 66.3 cm³/mol. The van der Waals surface area contributed by atoms with Crippen molar-refractivity contribution in [3.05, 3.63) is 18.2 Å². The van der Waals surface area contributed by atoms with Crippen molar-refractivity contribution in [3.63, 3.8) is 0 Å². The molecule has 1 aromatic heterocycles. The fourth-order valence-corrected chi connectivity index (χ4v) is 2.78. The fourth-order valence-electron chi connectivity index (χ4n) is 2.78. The summed E-state index contributed by atoms with van der Waals surface area (Å²) in [5, 5.41) is 3.56. The Morgan fingerprint density at radius 1 is 1.50 bits per heavy atom. The van der Waals surface area contributed by atoms with Crippen LogP contribution in [0.4, 0.5) is 0 Å². The molecule has 1 heterocycles. The summed E-state index contributed by atoms with van der Waals surface area (Å²) >= 11 is 0. The Labute approximate surface area is 98.3 Å². The SMILES string of the molecule is CCNC1CCC(CCc2nccn2C)C1. The molecular weight excluding hydrogens is 198 g/mol. The first-order valence-corrected chi connectivity index (χ1v) is 6.49. The lowest BCUT2D eigenvalue weighted by Crippen LogP contribution is -2.25. The summed E-state index contributed by atoms with van der Waals surface area (Å²) in [6.07, 6.45) is 10.5. The van der Waals surface area contributed by atoms with E-state index in [1.165, 1.54) is 31.5 Å². The highest BCUT2D eigenvalue weighted by Gasteiger charge is 2.23. The highest BCUT2D eigenvalue weighted by Crippen LogP contribution is 2.29. The molecule has 1 aromatic rings. The molecule has 0 aliphatic heterocycles. The van der Waals surface area contributed by atoms with E-state index >= 15 is 0 Å². The molecule has 3 heteroatoms. The van der Waals surface area contributed by atoms with Gasteiger partial charge in [-0.3, -0.25) is 0 Å². The molecule has 0 bridgehead atoms. The minimum absolute atomic E-state index is 0.774. The van der Waals surface area contributed by atoms with E-state index < -0.39 is 0 Å². The van der Waals surface area contributed by atoms with Crippen molar-refractivity contribution in [3.8, 4) is 0 Å². The second-order valence-electron chi connectivity index (χ2n) is 4.93. The van der Waals surface area contributed by atoms with Gasteiger partial charge in [0.05, 0.1) is 0 Å². The second kappa shape index (κ2) is 5.48. The average Bonchev–Trinajstić information content (AvgIpc) is 2.86. The zero-order valence-electron chi connectivity index (χ0n) is 10.4. The molecular formula is C13H23N3. The summed E-state index contributed by atoms with van der Waals surface area (Å²) in [5.74, 6) is 2.13. The summed E-state index contributed by atoms with van der Waals surface area (Å²) in [4.78, 5) is 4.38. The summed E-state index contributed by atoms with van der Waals surface area (Å²) < 4.78 is 2.14. The van der Waals surface area contributed by atoms with Gasteiger partial charge in [-0.2, -0.15) is 0 Å². The van der Waals surface area contributed by atoms with Crippen LogP contribution in [-0.4, -0.2) is 22.1 Å². The summed E-state index contributed by atoms with van der Waals surface area (Å²) in [7, 11) is 2.08. The van der Waals surface area contributed by atoms with E-state index in [4.69, 9.17) is 0 Å². The van der Waals surface area contributed by atoms with Gasteiger partial charge in [0.2, 0.25) is 0 Å². The van der Waals surface area contributed by atoms with Gasteiger partial charge in [0.1, 0.15) is 5.82 Å². The van der Waals surface area contributed by atoms with Crippen LogP contribution in [0.1, 0.15) is 38.4 Å². The number of hydrogen-bond donors (Lipinski definition) is 1.